The fraction of sp³-hybridized carbons (Fsp3) is 0.556. The molecule has 1 heterocycles. The van der Waals surface area contributed by atoms with E-state index >= 15 is 0 Å². The maximum atomic E-state index is 13.9. The zero-order valence-electron chi connectivity index (χ0n) is 13.4. The second kappa shape index (κ2) is 6.69. The van der Waals surface area contributed by atoms with Crippen molar-refractivity contribution < 1.29 is 18.7 Å². The van der Waals surface area contributed by atoms with Gasteiger partial charge < -0.3 is 9.64 Å². The summed E-state index contributed by atoms with van der Waals surface area (Å²) < 4.78 is 18.9. The highest BCUT2D eigenvalue weighted by atomic mass is 19.1. The Bertz CT molecular complexity index is 610. The van der Waals surface area contributed by atoms with Crippen molar-refractivity contribution in [1.82, 2.24) is 4.90 Å². The van der Waals surface area contributed by atoms with Gasteiger partial charge in [-0.25, -0.2) is 9.18 Å². The Morgan fingerprint density at radius 2 is 2.09 bits per heavy atom. The summed E-state index contributed by atoms with van der Waals surface area (Å²) in [5.74, 6) is -0.642. The molecule has 1 saturated carbocycles. The van der Waals surface area contributed by atoms with Gasteiger partial charge in [-0.15, -0.1) is 0 Å². The van der Waals surface area contributed by atoms with Crippen LogP contribution in [0.5, 0.6) is 0 Å². The Balaban J connectivity index is 1.82. The van der Waals surface area contributed by atoms with Crippen LogP contribution in [0.3, 0.4) is 0 Å². The van der Waals surface area contributed by atoms with E-state index in [9.17, 15) is 14.0 Å². The molecule has 1 aliphatic heterocycles. The first kappa shape index (κ1) is 16.0. The highest BCUT2D eigenvalue weighted by Crippen LogP contribution is 2.33. The molecule has 1 fully saturated rings. The third-order valence-corrected chi connectivity index (χ3v) is 5.07. The summed E-state index contributed by atoms with van der Waals surface area (Å²) in [4.78, 5) is 26.3. The molecule has 0 unspecified atom stereocenters. The number of esters is 1. The molecule has 0 saturated heterocycles. The number of ether oxygens (including phenoxy) is 1. The number of nitrogens with zero attached hydrogens (tertiary/aromatic N) is 1. The predicted octanol–water partition coefficient (Wildman–Crippen LogP) is 3.29. The van der Waals surface area contributed by atoms with Crippen LogP contribution in [-0.4, -0.2) is 29.9 Å². The molecular weight excluding hydrogens is 297 g/mol. The number of benzene rings is 1. The SMILES string of the molecule is COC(=O)[C@H](CC1CCCCC1)N1Cc2c(F)cccc2C1=O. The number of fused-ring (bicyclic) bond motifs is 1. The molecule has 1 aromatic carbocycles. The normalized spacial score (nSPS) is 19.6. The van der Waals surface area contributed by atoms with E-state index in [1.807, 2.05) is 0 Å². The Morgan fingerprint density at radius 1 is 1.35 bits per heavy atom. The monoisotopic (exact) mass is 319 g/mol. The van der Waals surface area contributed by atoms with E-state index in [4.69, 9.17) is 4.74 Å². The Hall–Kier alpha value is -1.91. The molecule has 0 aromatic heterocycles. The lowest BCUT2D eigenvalue weighted by Crippen LogP contribution is -2.43. The van der Waals surface area contributed by atoms with Gasteiger partial charge in [0.25, 0.3) is 5.91 Å². The number of hydrogen-bond donors (Lipinski definition) is 0. The highest BCUT2D eigenvalue weighted by Gasteiger charge is 2.39. The van der Waals surface area contributed by atoms with Gasteiger partial charge in [-0.2, -0.15) is 0 Å². The van der Waals surface area contributed by atoms with Crippen LogP contribution in [0.4, 0.5) is 4.39 Å². The van der Waals surface area contributed by atoms with Crippen LogP contribution in [0.2, 0.25) is 0 Å². The van der Waals surface area contributed by atoms with Gasteiger partial charge in [-0.05, 0) is 24.5 Å². The van der Waals surface area contributed by atoms with Crippen molar-refractivity contribution in [2.75, 3.05) is 7.11 Å². The highest BCUT2D eigenvalue weighted by molar-refractivity contribution is 6.00. The molecule has 5 heteroatoms. The van der Waals surface area contributed by atoms with Crippen LogP contribution >= 0.6 is 0 Å². The van der Waals surface area contributed by atoms with Gasteiger partial charge in [-0.1, -0.05) is 38.2 Å². The van der Waals surface area contributed by atoms with E-state index in [0.717, 1.165) is 12.8 Å². The first-order chi connectivity index (χ1) is 11.1. The largest absolute Gasteiger partial charge is 0.467 e. The van der Waals surface area contributed by atoms with Gasteiger partial charge in [-0.3, -0.25) is 4.79 Å². The maximum Gasteiger partial charge on any atom is 0.328 e. The first-order valence-electron chi connectivity index (χ1n) is 8.28. The number of carbonyl (C=O) groups excluding carboxylic acids is 2. The molecule has 1 amide bonds. The van der Waals surface area contributed by atoms with E-state index in [0.29, 0.717) is 23.5 Å². The number of amides is 1. The first-order valence-corrected chi connectivity index (χ1v) is 8.28. The molecule has 124 valence electrons. The fourth-order valence-corrected chi connectivity index (χ4v) is 3.79. The average Bonchev–Trinajstić information content (AvgIpc) is 2.91. The molecular formula is C18H22FNO3. The van der Waals surface area contributed by atoms with E-state index in [2.05, 4.69) is 0 Å². The van der Waals surface area contributed by atoms with Gasteiger partial charge in [0.2, 0.25) is 0 Å². The smallest absolute Gasteiger partial charge is 0.328 e. The molecule has 2 aliphatic rings. The van der Waals surface area contributed by atoms with Crippen molar-refractivity contribution in [3.63, 3.8) is 0 Å². The number of carbonyl (C=O) groups is 2. The number of halogens is 1. The van der Waals surface area contributed by atoms with E-state index in [1.54, 1.807) is 6.07 Å². The summed E-state index contributed by atoms with van der Waals surface area (Å²) in [6.45, 7) is 0.146. The zero-order valence-corrected chi connectivity index (χ0v) is 13.4. The van der Waals surface area contributed by atoms with Crippen molar-refractivity contribution in [2.45, 2.75) is 51.1 Å². The van der Waals surface area contributed by atoms with Crippen LogP contribution in [0.15, 0.2) is 18.2 Å². The van der Waals surface area contributed by atoms with Gasteiger partial charge in [0.15, 0.2) is 0 Å². The lowest BCUT2D eigenvalue weighted by molar-refractivity contribution is -0.146. The van der Waals surface area contributed by atoms with E-state index in [-0.39, 0.29) is 18.3 Å². The average molecular weight is 319 g/mol. The summed E-state index contributed by atoms with van der Waals surface area (Å²) in [5, 5.41) is 0. The third kappa shape index (κ3) is 3.09. The third-order valence-electron chi connectivity index (χ3n) is 5.07. The number of rotatable bonds is 4. The summed E-state index contributed by atoms with van der Waals surface area (Å²) in [6, 6.07) is 3.88. The van der Waals surface area contributed by atoms with Crippen molar-refractivity contribution in [2.24, 2.45) is 5.92 Å². The van der Waals surface area contributed by atoms with Gasteiger partial charge in [0.05, 0.1) is 13.7 Å². The summed E-state index contributed by atoms with van der Waals surface area (Å²) in [5.41, 5.74) is 0.748. The molecule has 0 bridgehead atoms. The van der Waals surface area contributed by atoms with E-state index < -0.39 is 12.0 Å². The number of methoxy groups -OCH3 is 1. The van der Waals surface area contributed by atoms with Crippen molar-refractivity contribution in [1.29, 1.82) is 0 Å². The van der Waals surface area contributed by atoms with Crippen molar-refractivity contribution in [3.05, 3.63) is 35.1 Å². The summed E-state index contributed by atoms with van der Waals surface area (Å²) >= 11 is 0. The Morgan fingerprint density at radius 3 is 2.74 bits per heavy atom. The lowest BCUT2D eigenvalue weighted by atomic mass is 9.84. The molecule has 0 radical (unpaired) electrons. The molecule has 1 aliphatic carbocycles. The van der Waals surface area contributed by atoms with Crippen LogP contribution in [0, 0.1) is 11.7 Å². The summed E-state index contributed by atoms with van der Waals surface area (Å²) in [6.07, 6.45) is 6.34. The molecule has 0 spiro atoms. The molecule has 23 heavy (non-hydrogen) atoms. The van der Waals surface area contributed by atoms with Crippen LogP contribution in [0.25, 0.3) is 0 Å². The molecule has 4 nitrogen and oxygen atoms in total. The molecule has 1 atom stereocenters. The van der Waals surface area contributed by atoms with Crippen molar-refractivity contribution >= 4 is 11.9 Å². The summed E-state index contributed by atoms with van der Waals surface area (Å²) in [7, 11) is 1.34. The molecule has 0 N–H and O–H groups in total. The Kier molecular flexibility index (Phi) is 4.64. The molecule has 1 aromatic rings. The standard InChI is InChI=1S/C18H22FNO3/c1-23-18(22)16(10-12-6-3-2-4-7-12)20-11-14-13(17(20)21)8-5-9-15(14)19/h5,8-9,12,16H,2-4,6-7,10-11H2,1H3/t16-/m0/s1. The predicted molar refractivity (Wildman–Crippen MR) is 83.3 cm³/mol. The maximum absolute atomic E-state index is 13.9. The molecule has 3 rings (SSSR count). The number of hydrogen-bond acceptors (Lipinski definition) is 3. The van der Waals surface area contributed by atoms with E-state index in [1.165, 1.54) is 43.4 Å². The fourth-order valence-electron chi connectivity index (χ4n) is 3.79. The second-order valence-corrected chi connectivity index (χ2v) is 6.48. The van der Waals surface area contributed by atoms with Crippen LogP contribution in [-0.2, 0) is 16.1 Å². The second-order valence-electron chi connectivity index (χ2n) is 6.48. The quantitative estimate of drug-likeness (QED) is 0.800. The minimum absolute atomic E-state index is 0.146. The zero-order chi connectivity index (χ0) is 16.4. The minimum atomic E-state index is -0.623. The Labute approximate surface area is 135 Å². The van der Waals surface area contributed by atoms with Gasteiger partial charge in [0.1, 0.15) is 11.9 Å². The van der Waals surface area contributed by atoms with Crippen LogP contribution < -0.4 is 0 Å². The van der Waals surface area contributed by atoms with Crippen LogP contribution in [0.1, 0.15) is 54.4 Å². The van der Waals surface area contributed by atoms with Crippen molar-refractivity contribution in [3.8, 4) is 0 Å². The van der Waals surface area contributed by atoms with Gasteiger partial charge >= 0.3 is 5.97 Å². The minimum Gasteiger partial charge on any atom is -0.467 e. The van der Waals surface area contributed by atoms with Gasteiger partial charge in [0, 0.05) is 11.1 Å². The lowest BCUT2D eigenvalue weighted by Gasteiger charge is -2.30. The topological polar surface area (TPSA) is 46.6 Å².